The molecule has 0 saturated heterocycles. The molecular weight excluding hydrogens is 250 g/mol. The molecule has 0 radical (unpaired) electrons. The Morgan fingerprint density at radius 1 is 1.25 bits per heavy atom. The summed E-state index contributed by atoms with van der Waals surface area (Å²) in [6, 6.07) is 5.98. The van der Waals surface area contributed by atoms with Crippen LogP contribution in [0.4, 0.5) is 10.5 Å². The highest BCUT2D eigenvalue weighted by Crippen LogP contribution is 2.31. The van der Waals surface area contributed by atoms with E-state index in [4.69, 9.17) is 0 Å². The molecule has 4 nitrogen and oxygen atoms in total. The molecule has 0 heterocycles. The van der Waals surface area contributed by atoms with E-state index in [1.807, 2.05) is 38.1 Å². The molecule has 1 aromatic rings. The summed E-state index contributed by atoms with van der Waals surface area (Å²) < 4.78 is 0. The van der Waals surface area contributed by atoms with Crippen molar-refractivity contribution in [2.45, 2.75) is 33.1 Å². The monoisotopic (exact) mass is 277 g/mol. The van der Waals surface area contributed by atoms with Gasteiger partial charge in [-0.25, -0.2) is 4.79 Å². The zero-order chi connectivity index (χ0) is 15.3. The van der Waals surface area contributed by atoms with Crippen molar-refractivity contribution in [1.82, 2.24) is 10.2 Å². The summed E-state index contributed by atoms with van der Waals surface area (Å²) in [5.41, 5.74) is 3.15. The SMILES string of the molecule is Cc1cccc(C(C)(C)C)c1NC(=O)NCCN(C)C. The number of carbonyl (C=O) groups excluding carboxylic acids is 1. The fourth-order valence-corrected chi connectivity index (χ4v) is 2.01. The summed E-state index contributed by atoms with van der Waals surface area (Å²) in [6.45, 7) is 9.93. The van der Waals surface area contributed by atoms with Crippen molar-refractivity contribution in [3.8, 4) is 0 Å². The molecule has 0 fully saturated rings. The van der Waals surface area contributed by atoms with E-state index in [1.54, 1.807) is 0 Å². The first kappa shape index (κ1) is 16.5. The van der Waals surface area contributed by atoms with Crippen molar-refractivity contribution in [2.24, 2.45) is 0 Å². The molecule has 2 amide bonds. The fourth-order valence-electron chi connectivity index (χ4n) is 2.01. The third-order valence-electron chi connectivity index (χ3n) is 3.16. The van der Waals surface area contributed by atoms with Crippen molar-refractivity contribution in [2.75, 3.05) is 32.5 Å². The second kappa shape index (κ2) is 6.75. The van der Waals surface area contributed by atoms with Gasteiger partial charge >= 0.3 is 6.03 Å². The Morgan fingerprint density at radius 3 is 2.45 bits per heavy atom. The summed E-state index contributed by atoms with van der Waals surface area (Å²) in [7, 11) is 3.97. The molecule has 1 aromatic carbocycles. The number of amides is 2. The lowest BCUT2D eigenvalue weighted by Crippen LogP contribution is -2.35. The van der Waals surface area contributed by atoms with Crippen LogP contribution in [0.25, 0.3) is 0 Å². The van der Waals surface area contributed by atoms with Crippen molar-refractivity contribution < 1.29 is 4.79 Å². The molecule has 0 aliphatic rings. The largest absolute Gasteiger partial charge is 0.337 e. The van der Waals surface area contributed by atoms with Gasteiger partial charge in [0.2, 0.25) is 0 Å². The first-order valence-electron chi connectivity index (χ1n) is 7.01. The van der Waals surface area contributed by atoms with Crippen molar-refractivity contribution in [3.63, 3.8) is 0 Å². The molecule has 0 aliphatic carbocycles. The van der Waals surface area contributed by atoms with E-state index in [9.17, 15) is 4.79 Å². The van der Waals surface area contributed by atoms with Gasteiger partial charge < -0.3 is 15.5 Å². The lowest BCUT2D eigenvalue weighted by Gasteiger charge is -2.24. The minimum Gasteiger partial charge on any atom is -0.337 e. The molecule has 0 aromatic heterocycles. The summed E-state index contributed by atoms with van der Waals surface area (Å²) in [5, 5.41) is 5.87. The van der Waals surface area contributed by atoms with Crippen LogP contribution in [-0.4, -0.2) is 38.1 Å². The van der Waals surface area contributed by atoms with Crippen LogP contribution in [0.15, 0.2) is 18.2 Å². The first-order valence-corrected chi connectivity index (χ1v) is 7.01. The first-order chi connectivity index (χ1) is 9.21. The van der Waals surface area contributed by atoms with Crippen LogP contribution in [0.1, 0.15) is 31.9 Å². The van der Waals surface area contributed by atoms with Crippen molar-refractivity contribution in [3.05, 3.63) is 29.3 Å². The van der Waals surface area contributed by atoms with Crippen molar-refractivity contribution >= 4 is 11.7 Å². The van der Waals surface area contributed by atoms with Crippen LogP contribution in [-0.2, 0) is 5.41 Å². The number of nitrogens with one attached hydrogen (secondary N) is 2. The summed E-state index contributed by atoms with van der Waals surface area (Å²) in [5.74, 6) is 0. The van der Waals surface area contributed by atoms with Crippen LogP contribution >= 0.6 is 0 Å². The zero-order valence-electron chi connectivity index (χ0n) is 13.5. The summed E-state index contributed by atoms with van der Waals surface area (Å²) in [4.78, 5) is 14.0. The van der Waals surface area contributed by atoms with E-state index in [0.717, 1.165) is 23.4 Å². The van der Waals surface area contributed by atoms with Gasteiger partial charge in [-0.1, -0.05) is 39.0 Å². The number of anilines is 1. The van der Waals surface area contributed by atoms with Crippen LogP contribution in [0.2, 0.25) is 0 Å². The zero-order valence-corrected chi connectivity index (χ0v) is 13.5. The van der Waals surface area contributed by atoms with Gasteiger partial charge in [0, 0.05) is 18.8 Å². The molecule has 4 heteroatoms. The Kier molecular flexibility index (Phi) is 5.57. The standard InChI is InChI=1S/C16H27N3O/c1-12-8-7-9-13(16(2,3)4)14(12)18-15(20)17-10-11-19(5)6/h7-9H,10-11H2,1-6H3,(H2,17,18,20). The number of likely N-dealkylation sites (N-methyl/N-ethyl adjacent to an activating group) is 1. The highest BCUT2D eigenvalue weighted by atomic mass is 16.2. The van der Waals surface area contributed by atoms with Crippen LogP contribution in [0, 0.1) is 6.92 Å². The number of aryl methyl sites for hydroxylation is 1. The molecule has 20 heavy (non-hydrogen) atoms. The van der Waals surface area contributed by atoms with Crippen LogP contribution in [0.3, 0.4) is 0 Å². The van der Waals surface area contributed by atoms with E-state index >= 15 is 0 Å². The van der Waals surface area contributed by atoms with Crippen LogP contribution < -0.4 is 10.6 Å². The maximum Gasteiger partial charge on any atom is 0.319 e. The van der Waals surface area contributed by atoms with Gasteiger partial charge in [-0.2, -0.15) is 0 Å². The van der Waals surface area contributed by atoms with Gasteiger partial charge in [-0.3, -0.25) is 0 Å². The minimum atomic E-state index is -0.147. The highest BCUT2D eigenvalue weighted by Gasteiger charge is 2.20. The number of rotatable bonds is 4. The normalized spacial score (nSPS) is 11.6. The third kappa shape index (κ3) is 4.85. The van der Waals surface area contributed by atoms with E-state index in [-0.39, 0.29) is 11.4 Å². The topological polar surface area (TPSA) is 44.4 Å². The molecule has 112 valence electrons. The van der Waals surface area contributed by atoms with E-state index in [0.29, 0.717) is 6.54 Å². The highest BCUT2D eigenvalue weighted by molar-refractivity contribution is 5.91. The van der Waals surface area contributed by atoms with E-state index in [2.05, 4.69) is 37.5 Å². The minimum absolute atomic E-state index is 0.00172. The van der Waals surface area contributed by atoms with E-state index < -0.39 is 0 Å². The van der Waals surface area contributed by atoms with Gasteiger partial charge in [0.15, 0.2) is 0 Å². The number of urea groups is 1. The molecular formula is C16H27N3O. The molecule has 0 atom stereocenters. The van der Waals surface area contributed by atoms with E-state index in [1.165, 1.54) is 0 Å². The molecule has 0 aliphatic heterocycles. The number of nitrogens with zero attached hydrogens (tertiary/aromatic N) is 1. The second-order valence-corrected chi connectivity index (χ2v) is 6.43. The van der Waals surface area contributed by atoms with Crippen LogP contribution in [0.5, 0.6) is 0 Å². The lowest BCUT2D eigenvalue weighted by atomic mass is 9.84. The molecule has 0 spiro atoms. The number of benzene rings is 1. The Labute approximate surface area is 122 Å². The number of carbonyl (C=O) groups is 1. The number of hydrogen-bond acceptors (Lipinski definition) is 2. The lowest BCUT2D eigenvalue weighted by molar-refractivity contribution is 0.250. The smallest absolute Gasteiger partial charge is 0.319 e. The van der Waals surface area contributed by atoms with Gasteiger partial charge in [-0.05, 0) is 37.6 Å². The maximum atomic E-state index is 12.0. The predicted octanol–water partition coefficient (Wildman–Crippen LogP) is 2.98. The Hall–Kier alpha value is -1.55. The molecule has 0 bridgehead atoms. The van der Waals surface area contributed by atoms with Gasteiger partial charge in [0.25, 0.3) is 0 Å². The second-order valence-electron chi connectivity index (χ2n) is 6.43. The quantitative estimate of drug-likeness (QED) is 0.888. The summed E-state index contributed by atoms with van der Waals surface area (Å²) >= 11 is 0. The molecule has 0 saturated carbocycles. The summed E-state index contributed by atoms with van der Waals surface area (Å²) in [6.07, 6.45) is 0. The number of para-hydroxylation sites is 1. The predicted molar refractivity (Wildman–Crippen MR) is 85.5 cm³/mol. The molecule has 0 unspecified atom stereocenters. The maximum absolute atomic E-state index is 12.0. The Morgan fingerprint density at radius 2 is 1.90 bits per heavy atom. The Balaban J connectivity index is 2.79. The molecule has 2 N–H and O–H groups in total. The van der Waals surface area contributed by atoms with Gasteiger partial charge in [-0.15, -0.1) is 0 Å². The third-order valence-corrected chi connectivity index (χ3v) is 3.16. The van der Waals surface area contributed by atoms with Gasteiger partial charge in [0.1, 0.15) is 0 Å². The van der Waals surface area contributed by atoms with Crippen molar-refractivity contribution in [1.29, 1.82) is 0 Å². The van der Waals surface area contributed by atoms with Gasteiger partial charge in [0.05, 0.1) is 0 Å². The average Bonchev–Trinajstić information content (AvgIpc) is 2.29. The average molecular weight is 277 g/mol. The number of hydrogen-bond donors (Lipinski definition) is 2. The fraction of sp³-hybridized carbons (Fsp3) is 0.562. The molecule has 1 rings (SSSR count). The Bertz CT molecular complexity index is 461.